The molecule has 0 unspecified atom stereocenters. The molecule has 0 saturated heterocycles. The molecule has 0 aromatic heterocycles. The van der Waals surface area contributed by atoms with E-state index >= 15 is 0 Å². The van der Waals surface area contributed by atoms with Gasteiger partial charge in [0.1, 0.15) is 5.75 Å². The van der Waals surface area contributed by atoms with Gasteiger partial charge in [0.25, 0.3) is 0 Å². The number of amides is 13. The van der Waals surface area contributed by atoms with Crippen LogP contribution in [0.25, 0.3) is 0 Å². The van der Waals surface area contributed by atoms with Gasteiger partial charge in [-0.25, -0.2) is 0 Å². The van der Waals surface area contributed by atoms with Crippen molar-refractivity contribution in [2.75, 3.05) is 0 Å². The average molecular weight is 1460 g/mol. The van der Waals surface area contributed by atoms with Gasteiger partial charge in [0.05, 0.1) is 65.1 Å². The van der Waals surface area contributed by atoms with E-state index in [1.807, 2.05) is 0 Å². The number of rotatable bonds is 27. The molecular formula is C78H115N13O14. The van der Waals surface area contributed by atoms with Gasteiger partial charge in [-0.15, -0.1) is 0 Å². The van der Waals surface area contributed by atoms with Crippen LogP contribution in [0.2, 0.25) is 0 Å². The van der Waals surface area contributed by atoms with Crippen LogP contribution >= 0.6 is 0 Å². The van der Waals surface area contributed by atoms with Crippen molar-refractivity contribution >= 4 is 76.8 Å². The predicted molar refractivity (Wildman–Crippen MR) is 385 cm³/mol. The Labute approximate surface area is 615 Å². The second kappa shape index (κ2) is 35.2. The highest BCUT2D eigenvalue weighted by molar-refractivity contribution is 5.90. The standard InChI is InChI=1S/C78H115N13O14/c1-41(92)80-57-25-3-14-46(57)70(97)85-61-29-7-18-50(61)74(101)88-63-31-9-20-52(63)76(103)90-65-33-11-22-54(65)78(105)91-66-34-12-23-55(66)77(104)89-64-32-10-21-53(64)75(102)87-62-30-8-19-51(62)73(100)84-59-27-5-16-48(59)69(96)81-43(39-42-35-37-44(93)38-36-42)40-67(94)82-58-26-4-15-47(58)71(98)86-60-28-6-17-49(60)72(99)83-56-24-2-13-45(56)68(79)95/h35-38,43,45-66,93H,2-34,39-40H2,1H3,(H2,79,95)(H,80,92)(H,81,96)(H,82,94)(H,83,99)(H,84,100)(H,85,97)(H,86,98)(H,87,102)(H,88,101)(H,89,104)(H,90,103)(H,91,105)/t43-,45-,46-,47-,48-,49-,50-,51-,52-,53-,54-,55-,56-,57-,58-,59-,60-,61-,62-,63-,64-,65-,66-/m0/s1. The van der Waals surface area contributed by atoms with Crippen molar-refractivity contribution in [1.29, 1.82) is 0 Å². The van der Waals surface area contributed by atoms with Gasteiger partial charge in [0, 0.05) is 85.8 Å². The van der Waals surface area contributed by atoms with Crippen molar-refractivity contribution in [1.82, 2.24) is 63.8 Å². The largest absolute Gasteiger partial charge is 0.508 e. The van der Waals surface area contributed by atoms with Crippen LogP contribution in [0.4, 0.5) is 0 Å². The topological polar surface area (TPSA) is 413 Å². The quantitative estimate of drug-likeness (QED) is 0.0600. The van der Waals surface area contributed by atoms with E-state index in [1.54, 1.807) is 24.3 Å². The minimum atomic E-state index is -0.685. The number of carbonyl (C=O) groups is 13. The Morgan fingerprint density at radius 3 is 0.752 bits per heavy atom. The average Bonchev–Trinajstić information content (AvgIpc) is 1.68. The van der Waals surface area contributed by atoms with Crippen molar-refractivity contribution in [3.8, 4) is 5.75 Å². The molecule has 23 atom stereocenters. The van der Waals surface area contributed by atoms with E-state index in [1.165, 1.54) is 6.92 Å². The summed E-state index contributed by atoms with van der Waals surface area (Å²) >= 11 is 0. The summed E-state index contributed by atoms with van der Waals surface area (Å²) in [4.78, 5) is 179. The first-order valence-electron chi connectivity index (χ1n) is 40.3. The monoisotopic (exact) mass is 1460 g/mol. The molecule has 11 saturated carbocycles. The molecule has 11 fully saturated rings. The van der Waals surface area contributed by atoms with Crippen LogP contribution in [-0.4, -0.2) is 154 Å². The summed E-state index contributed by atoms with van der Waals surface area (Å²) < 4.78 is 0. The third-order valence-corrected chi connectivity index (χ3v) is 26.3. The Balaban J connectivity index is 0.587. The predicted octanol–water partition coefficient (Wildman–Crippen LogP) is 3.45. The van der Waals surface area contributed by atoms with Crippen molar-refractivity contribution in [3.05, 3.63) is 29.8 Å². The molecule has 105 heavy (non-hydrogen) atoms. The zero-order valence-electron chi connectivity index (χ0n) is 61.2. The van der Waals surface area contributed by atoms with E-state index in [-0.39, 0.29) is 126 Å². The molecule has 0 heterocycles. The van der Waals surface area contributed by atoms with Crippen molar-refractivity contribution in [2.24, 2.45) is 70.8 Å². The number of nitrogens with two attached hydrogens (primary N) is 1. The van der Waals surface area contributed by atoms with E-state index < -0.39 is 107 Å². The number of nitrogens with one attached hydrogen (secondary N) is 12. The first-order chi connectivity index (χ1) is 50.6. The highest BCUT2D eigenvalue weighted by Gasteiger charge is 2.48. The third-order valence-electron chi connectivity index (χ3n) is 26.3. The molecule has 11 aliphatic carbocycles. The fourth-order valence-electron chi connectivity index (χ4n) is 20.7. The summed E-state index contributed by atoms with van der Waals surface area (Å²) in [7, 11) is 0. The summed E-state index contributed by atoms with van der Waals surface area (Å²) in [6.45, 7) is 1.45. The highest BCUT2D eigenvalue weighted by atomic mass is 16.3. The van der Waals surface area contributed by atoms with E-state index in [0.717, 1.165) is 63.4 Å². The lowest BCUT2D eigenvalue weighted by Gasteiger charge is -2.29. The lowest BCUT2D eigenvalue weighted by Crippen LogP contribution is -2.54. The normalized spacial score (nSPS) is 35.0. The van der Waals surface area contributed by atoms with Crippen molar-refractivity contribution < 1.29 is 67.4 Å². The molecule has 0 aliphatic heterocycles. The van der Waals surface area contributed by atoms with Crippen molar-refractivity contribution in [3.63, 3.8) is 0 Å². The fourth-order valence-corrected chi connectivity index (χ4v) is 20.7. The molecule has 0 spiro atoms. The minimum absolute atomic E-state index is 0.0679. The Morgan fingerprint density at radius 2 is 0.514 bits per heavy atom. The number of aromatic hydroxyl groups is 1. The molecule has 0 bridgehead atoms. The SMILES string of the molecule is CC(=O)N[C@H]1CCC[C@@H]1C(=O)N[C@H]1CCC[C@@H]1C(=O)N[C@H]1CCC[C@@H]1C(=O)N[C@H]1CCC[C@@H]1C(=O)N[C@H]1CCC[C@@H]1C(=O)N[C@H]1CCC[C@@H]1C(=O)N[C@H]1CCC[C@@H]1C(=O)N[C@H]1CCC[C@@H]1C(=O)N[C@H](CC(=O)N[C@H]1CCC[C@@H]1C(=O)N[C@H]1CCC[C@@H]1C(=O)N[C@H]1CCC[C@@H]1C(N)=O)Cc1ccc(O)cc1. The zero-order chi connectivity index (χ0) is 74.0. The number of hydrogen-bond donors (Lipinski definition) is 14. The minimum Gasteiger partial charge on any atom is -0.508 e. The fraction of sp³-hybridized carbons (Fsp3) is 0.756. The molecule has 27 heteroatoms. The van der Waals surface area contributed by atoms with Gasteiger partial charge in [-0.05, 0) is 165 Å². The van der Waals surface area contributed by atoms with Gasteiger partial charge in [-0.2, -0.15) is 0 Å². The molecule has 576 valence electrons. The number of benzene rings is 1. The maximum Gasteiger partial charge on any atom is 0.225 e. The smallest absolute Gasteiger partial charge is 0.225 e. The van der Waals surface area contributed by atoms with E-state index in [2.05, 4.69) is 63.8 Å². The molecule has 15 N–H and O–H groups in total. The lowest BCUT2D eigenvalue weighted by molar-refractivity contribution is -0.132. The Morgan fingerprint density at radius 1 is 0.305 bits per heavy atom. The van der Waals surface area contributed by atoms with Crippen LogP contribution < -0.4 is 69.5 Å². The maximum atomic E-state index is 14.5. The molecule has 12 rings (SSSR count). The van der Waals surface area contributed by atoms with Gasteiger partial charge in [-0.1, -0.05) is 82.8 Å². The number of carbonyl (C=O) groups excluding carboxylic acids is 13. The first-order valence-corrected chi connectivity index (χ1v) is 40.3. The van der Waals surface area contributed by atoms with Crippen molar-refractivity contribution in [2.45, 2.75) is 304 Å². The van der Waals surface area contributed by atoms with Gasteiger partial charge in [0.2, 0.25) is 76.8 Å². The van der Waals surface area contributed by atoms with Crippen LogP contribution in [0.3, 0.4) is 0 Å². The highest BCUT2D eigenvalue weighted by Crippen LogP contribution is 2.38. The van der Waals surface area contributed by atoms with Crippen LogP contribution in [-0.2, 0) is 68.7 Å². The Bertz CT molecular complexity index is 3370. The summed E-state index contributed by atoms with van der Waals surface area (Å²) in [6.07, 6.45) is 21.7. The molecular weight excluding hydrogens is 1340 g/mol. The van der Waals surface area contributed by atoms with Crippen LogP contribution in [0.5, 0.6) is 5.75 Å². The van der Waals surface area contributed by atoms with E-state index in [0.29, 0.717) is 154 Å². The summed E-state index contributed by atoms with van der Waals surface area (Å²) in [5.74, 6) is -8.27. The van der Waals surface area contributed by atoms with Gasteiger partial charge in [-0.3, -0.25) is 62.3 Å². The third kappa shape index (κ3) is 18.9. The van der Waals surface area contributed by atoms with Crippen LogP contribution in [0.1, 0.15) is 231 Å². The molecule has 0 radical (unpaired) electrons. The van der Waals surface area contributed by atoms with E-state index in [9.17, 15) is 67.4 Å². The maximum absolute atomic E-state index is 14.5. The molecule has 11 aliphatic rings. The molecule has 13 amide bonds. The van der Waals surface area contributed by atoms with Crippen LogP contribution in [0.15, 0.2) is 24.3 Å². The number of hydrogen-bond acceptors (Lipinski definition) is 14. The lowest BCUT2D eigenvalue weighted by atomic mass is 9.95. The number of primary amides is 1. The van der Waals surface area contributed by atoms with Gasteiger partial charge >= 0.3 is 0 Å². The Kier molecular flexibility index (Phi) is 25.8. The van der Waals surface area contributed by atoms with Gasteiger partial charge in [0.15, 0.2) is 0 Å². The summed E-state index contributed by atoms with van der Waals surface area (Å²) in [5.41, 5.74) is 6.40. The van der Waals surface area contributed by atoms with E-state index in [4.69, 9.17) is 5.73 Å². The molecule has 1 aromatic carbocycles. The molecule has 27 nitrogen and oxygen atoms in total. The number of phenolic OH excluding ortho intramolecular Hbond substituents is 1. The number of phenols is 1. The van der Waals surface area contributed by atoms with Crippen LogP contribution in [0, 0.1) is 65.1 Å². The Hall–Kier alpha value is -7.87. The van der Waals surface area contributed by atoms with Gasteiger partial charge < -0.3 is 74.6 Å². The second-order valence-corrected chi connectivity index (χ2v) is 33.1. The summed E-state index contributed by atoms with van der Waals surface area (Å²) in [5, 5.41) is 47.8. The molecule has 1 aromatic rings. The zero-order valence-corrected chi connectivity index (χ0v) is 61.2. The second-order valence-electron chi connectivity index (χ2n) is 33.1. The first kappa shape index (κ1) is 76.8. The summed E-state index contributed by atoms with van der Waals surface area (Å²) in [6, 6.07) is 1.53.